The zero-order valence-corrected chi connectivity index (χ0v) is 14.7. The van der Waals surface area contributed by atoms with E-state index in [1.807, 2.05) is 6.92 Å². The second kappa shape index (κ2) is 5.62. The molecule has 3 heterocycles. The minimum absolute atomic E-state index is 0.0408. The van der Waals surface area contributed by atoms with Crippen molar-refractivity contribution < 1.29 is 13.2 Å². The van der Waals surface area contributed by atoms with E-state index >= 15 is 0 Å². The zero-order chi connectivity index (χ0) is 16.2. The molecule has 1 N–H and O–H groups in total. The molecule has 0 aromatic heterocycles. The molecule has 0 radical (unpaired) electrons. The van der Waals surface area contributed by atoms with E-state index in [4.69, 9.17) is 16.3 Å². The molecule has 2 saturated heterocycles. The van der Waals surface area contributed by atoms with Gasteiger partial charge in [-0.25, -0.2) is 8.42 Å². The average molecular weight is 357 g/mol. The van der Waals surface area contributed by atoms with Crippen LogP contribution in [0.25, 0.3) is 0 Å². The molecule has 3 aliphatic heterocycles. The Labute approximate surface area is 142 Å². The third-order valence-corrected chi connectivity index (χ3v) is 7.35. The van der Waals surface area contributed by atoms with Gasteiger partial charge in [0.05, 0.1) is 9.92 Å². The van der Waals surface area contributed by atoms with Gasteiger partial charge in [-0.15, -0.1) is 0 Å². The average Bonchev–Trinajstić information content (AvgIpc) is 2.97. The molecule has 0 spiro atoms. The highest BCUT2D eigenvalue weighted by molar-refractivity contribution is 7.89. The van der Waals surface area contributed by atoms with E-state index in [0.717, 1.165) is 37.9 Å². The maximum absolute atomic E-state index is 13.2. The summed E-state index contributed by atoms with van der Waals surface area (Å²) in [5.74, 6) is 0.638. The molecule has 0 aliphatic carbocycles. The van der Waals surface area contributed by atoms with E-state index in [-0.39, 0.29) is 18.2 Å². The number of benzene rings is 1. The summed E-state index contributed by atoms with van der Waals surface area (Å²) in [5, 5.41) is 3.73. The lowest BCUT2D eigenvalue weighted by molar-refractivity contribution is 0.255. The normalized spacial score (nSPS) is 30.8. The first kappa shape index (κ1) is 15.7. The first-order valence-electron chi connectivity index (χ1n) is 8.20. The third-order valence-electron chi connectivity index (χ3n) is 5.08. The van der Waals surface area contributed by atoms with Crippen molar-refractivity contribution in [2.75, 3.05) is 13.1 Å². The predicted molar refractivity (Wildman–Crippen MR) is 88.6 cm³/mol. The van der Waals surface area contributed by atoms with Crippen LogP contribution in [0.3, 0.4) is 0 Å². The molecule has 5 nitrogen and oxygen atoms in total. The number of ether oxygens (including phenoxy) is 1. The molecule has 2 fully saturated rings. The van der Waals surface area contributed by atoms with Gasteiger partial charge in [0.2, 0.25) is 10.0 Å². The fourth-order valence-corrected chi connectivity index (χ4v) is 6.39. The molecule has 3 aliphatic rings. The number of nitrogens with one attached hydrogen (secondary N) is 1. The molecule has 7 heteroatoms. The summed E-state index contributed by atoms with van der Waals surface area (Å²) >= 11 is 6.29. The minimum atomic E-state index is -3.53. The molecule has 1 aromatic rings. The summed E-state index contributed by atoms with van der Waals surface area (Å²) in [6.07, 6.45) is 3.49. The van der Waals surface area contributed by atoms with Gasteiger partial charge in [0.25, 0.3) is 0 Å². The Bertz CT molecular complexity index is 723. The fourth-order valence-electron chi connectivity index (χ4n) is 4.06. The number of nitrogens with zero attached hydrogens (tertiary/aromatic N) is 1. The van der Waals surface area contributed by atoms with Gasteiger partial charge >= 0.3 is 0 Å². The van der Waals surface area contributed by atoms with Gasteiger partial charge < -0.3 is 10.1 Å². The van der Waals surface area contributed by atoms with E-state index in [1.165, 1.54) is 0 Å². The van der Waals surface area contributed by atoms with Crippen LogP contribution in [-0.2, 0) is 16.4 Å². The highest BCUT2D eigenvalue weighted by atomic mass is 35.5. The Hall–Kier alpha value is -0.820. The molecule has 23 heavy (non-hydrogen) atoms. The van der Waals surface area contributed by atoms with Crippen LogP contribution in [0, 0.1) is 0 Å². The highest BCUT2D eigenvalue weighted by Crippen LogP contribution is 2.40. The van der Waals surface area contributed by atoms with E-state index in [1.54, 1.807) is 16.4 Å². The largest absolute Gasteiger partial charge is 0.489 e. The molecule has 4 rings (SSSR count). The summed E-state index contributed by atoms with van der Waals surface area (Å²) in [6, 6.07) is 3.44. The Balaban J connectivity index is 1.75. The van der Waals surface area contributed by atoms with Crippen LogP contribution < -0.4 is 10.1 Å². The molecular weight excluding hydrogens is 336 g/mol. The van der Waals surface area contributed by atoms with Gasteiger partial charge in [-0.2, -0.15) is 4.31 Å². The highest BCUT2D eigenvalue weighted by Gasteiger charge is 2.43. The maximum Gasteiger partial charge on any atom is 0.243 e. The van der Waals surface area contributed by atoms with E-state index in [9.17, 15) is 8.42 Å². The number of hydrogen-bond donors (Lipinski definition) is 1. The van der Waals surface area contributed by atoms with Gasteiger partial charge in [0.1, 0.15) is 11.9 Å². The van der Waals surface area contributed by atoms with Crippen LogP contribution in [0.4, 0.5) is 0 Å². The van der Waals surface area contributed by atoms with Crippen molar-refractivity contribution in [2.45, 2.75) is 55.7 Å². The number of rotatable bonds is 2. The van der Waals surface area contributed by atoms with Crippen LogP contribution in [0.5, 0.6) is 5.75 Å². The number of sulfonamides is 1. The first-order valence-corrected chi connectivity index (χ1v) is 10.0. The van der Waals surface area contributed by atoms with Gasteiger partial charge in [0.15, 0.2) is 0 Å². The maximum atomic E-state index is 13.2. The lowest BCUT2D eigenvalue weighted by atomic mass is 10.1. The second-order valence-corrected chi connectivity index (χ2v) is 8.99. The Kier molecular flexibility index (Phi) is 3.83. The molecule has 0 saturated carbocycles. The summed E-state index contributed by atoms with van der Waals surface area (Å²) in [6.45, 7) is 3.57. The third kappa shape index (κ3) is 2.56. The quantitative estimate of drug-likeness (QED) is 0.882. The molecule has 2 bridgehead atoms. The molecule has 1 aromatic carbocycles. The Morgan fingerprint density at radius 2 is 2.04 bits per heavy atom. The van der Waals surface area contributed by atoms with Crippen LogP contribution in [-0.4, -0.2) is 44.0 Å². The van der Waals surface area contributed by atoms with Crippen molar-refractivity contribution >= 4 is 21.6 Å². The second-order valence-electron chi connectivity index (χ2n) is 6.74. The van der Waals surface area contributed by atoms with Crippen LogP contribution >= 0.6 is 11.6 Å². The van der Waals surface area contributed by atoms with Gasteiger partial charge in [-0.05, 0) is 44.9 Å². The monoisotopic (exact) mass is 356 g/mol. The van der Waals surface area contributed by atoms with Crippen molar-refractivity contribution in [3.63, 3.8) is 0 Å². The first-order chi connectivity index (χ1) is 11.0. The fraction of sp³-hybridized carbons (Fsp3) is 0.625. The number of fused-ring (bicyclic) bond motifs is 3. The van der Waals surface area contributed by atoms with Crippen LogP contribution in [0.2, 0.25) is 5.02 Å². The Morgan fingerprint density at radius 1 is 1.26 bits per heavy atom. The Morgan fingerprint density at radius 3 is 2.87 bits per heavy atom. The van der Waals surface area contributed by atoms with Crippen molar-refractivity contribution in [2.24, 2.45) is 0 Å². The minimum Gasteiger partial charge on any atom is -0.489 e. The van der Waals surface area contributed by atoms with Crippen molar-refractivity contribution in [3.8, 4) is 5.75 Å². The lowest BCUT2D eigenvalue weighted by Gasteiger charge is -2.27. The summed E-state index contributed by atoms with van der Waals surface area (Å²) in [7, 11) is -3.53. The molecule has 3 unspecified atom stereocenters. The van der Waals surface area contributed by atoms with Crippen molar-refractivity contribution in [1.29, 1.82) is 0 Å². The summed E-state index contributed by atoms with van der Waals surface area (Å²) in [4.78, 5) is 0.303. The van der Waals surface area contributed by atoms with Crippen molar-refractivity contribution in [1.82, 2.24) is 9.62 Å². The summed E-state index contributed by atoms with van der Waals surface area (Å²) < 4.78 is 33.9. The van der Waals surface area contributed by atoms with Gasteiger partial charge in [0, 0.05) is 30.6 Å². The zero-order valence-electron chi connectivity index (χ0n) is 13.1. The smallest absolute Gasteiger partial charge is 0.243 e. The lowest BCUT2D eigenvalue weighted by Crippen LogP contribution is -2.42. The van der Waals surface area contributed by atoms with Crippen LogP contribution in [0.1, 0.15) is 31.7 Å². The standard InChI is InChI=1S/C16H21ClN2O3S/c1-10-6-11-7-14(8-15(17)16(11)22-10)23(20,21)19-12-2-3-13(19)9-18-5-4-12/h7-8,10,12-13,18H,2-6,9H2,1H3. The molecule has 0 amide bonds. The molecule has 3 atom stereocenters. The van der Waals surface area contributed by atoms with E-state index in [0.29, 0.717) is 22.1 Å². The summed E-state index contributed by atoms with van der Waals surface area (Å²) in [5.41, 5.74) is 0.892. The van der Waals surface area contributed by atoms with E-state index in [2.05, 4.69) is 5.32 Å². The molecule has 126 valence electrons. The number of hydrogen-bond acceptors (Lipinski definition) is 4. The molecular formula is C16H21ClN2O3S. The predicted octanol–water partition coefficient (Wildman–Crippen LogP) is 2.18. The SMILES string of the molecule is CC1Cc2cc(S(=O)(=O)N3C4CCNCC3CC4)cc(Cl)c2O1. The van der Waals surface area contributed by atoms with Gasteiger partial charge in [-0.1, -0.05) is 11.6 Å². The van der Waals surface area contributed by atoms with Crippen molar-refractivity contribution in [3.05, 3.63) is 22.7 Å². The van der Waals surface area contributed by atoms with Gasteiger partial charge in [-0.3, -0.25) is 0 Å². The number of halogens is 1. The topological polar surface area (TPSA) is 58.6 Å². The van der Waals surface area contributed by atoms with E-state index < -0.39 is 10.0 Å². The van der Waals surface area contributed by atoms with Crippen LogP contribution in [0.15, 0.2) is 17.0 Å².